The number of rotatable bonds is 3. The Hall–Kier alpha value is -1.58. The summed E-state index contributed by atoms with van der Waals surface area (Å²) in [4.78, 5) is 2.22. The van der Waals surface area contributed by atoms with Crippen LogP contribution in [-0.2, 0) is 0 Å². The van der Waals surface area contributed by atoms with Gasteiger partial charge in [0.05, 0.1) is 5.69 Å². The maximum Gasteiger partial charge on any atom is 0.0525 e. The van der Waals surface area contributed by atoms with Crippen molar-refractivity contribution in [1.82, 2.24) is 9.47 Å². The summed E-state index contributed by atoms with van der Waals surface area (Å²) in [7, 11) is 4.22. The third-order valence-corrected chi connectivity index (χ3v) is 4.19. The average Bonchev–Trinajstić information content (AvgIpc) is 2.85. The predicted octanol–water partition coefficient (Wildman–Crippen LogP) is 4.58. The first-order valence-electron chi connectivity index (χ1n) is 7.15. The molecule has 0 saturated carbocycles. The lowest BCUT2D eigenvalue weighted by molar-refractivity contribution is 0.417. The van der Waals surface area contributed by atoms with Gasteiger partial charge < -0.3 is 9.47 Å². The van der Waals surface area contributed by atoms with Crippen molar-refractivity contribution in [3.05, 3.63) is 63.9 Å². The quantitative estimate of drug-likeness (QED) is 0.676. The highest BCUT2D eigenvalue weighted by atomic mass is 79.9. The lowest BCUT2D eigenvalue weighted by Crippen LogP contribution is -2.12. The van der Waals surface area contributed by atoms with E-state index in [1.807, 2.05) is 0 Å². The Morgan fingerprint density at radius 3 is 2.90 bits per heavy atom. The normalized spacial score (nSPS) is 15.1. The molecule has 0 radical (unpaired) electrons. The molecule has 0 aliphatic carbocycles. The number of hydrogen-bond acceptors (Lipinski definition) is 1. The number of nitrogens with zero attached hydrogens (tertiary/aromatic N) is 2. The molecule has 21 heavy (non-hydrogen) atoms. The van der Waals surface area contributed by atoms with Crippen molar-refractivity contribution in [2.45, 2.75) is 6.42 Å². The maximum atomic E-state index is 3.60. The zero-order valence-corrected chi connectivity index (χ0v) is 14.0. The molecule has 0 saturated heterocycles. The van der Waals surface area contributed by atoms with Crippen LogP contribution in [0.4, 0.5) is 0 Å². The van der Waals surface area contributed by atoms with E-state index in [0.717, 1.165) is 17.4 Å². The number of fused-ring (bicyclic) bond motifs is 2. The Morgan fingerprint density at radius 1 is 1.24 bits per heavy atom. The van der Waals surface area contributed by atoms with Crippen molar-refractivity contribution in [3.8, 4) is 0 Å². The Balaban J connectivity index is 2.09. The van der Waals surface area contributed by atoms with Gasteiger partial charge in [-0.3, -0.25) is 0 Å². The van der Waals surface area contributed by atoms with Gasteiger partial charge in [-0.2, -0.15) is 0 Å². The minimum absolute atomic E-state index is 1.04. The molecule has 0 N–H and O–H groups in total. The zero-order chi connectivity index (χ0) is 14.8. The maximum absolute atomic E-state index is 3.60. The molecule has 0 atom stereocenters. The van der Waals surface area contributed by atoms with E-state index in [9.17, 15) is 0 Å². The molecule has 0 spiro atoms. The van der Waals surface area contributed by atoms with Gasteiger partial charge in [0.25, 0.3) is 0 Å². The van der Waals surface area contributed by atoms with E-state index < -0.39 is 0 Å². The number of aromatic nitrogens is 1. The van der Waals surface area contributed by atoms with E-state index in [1.165, 1.54) is 22.4 Å². The van der Waals surface area contributed by atoms with Gasteiger partial charge in [-0.15, -0.1) is 0 Å². The standard InChI is InChI=1S/C18H19BrN2/c1-20(2)10-3-5-16-17-13-15(19)8-7-14(17)9-12-21-11-4-6-18(16)21/h4-9,11-13H,3,10H2,1-2H3. The van der Waals surface area contributed by atoms with Crippen molar-refractivity contribution in [2.24, 2.45) is 0 Å². The fourth-order valence-electron chi connectivity index (χ4n) is 2.64. The summed E-state index contributed by atoms with van der Waals surface area (Å²) in [6.45, 7) is 1.06. The highest BCUT2D eigenvalue weighted by Crippen LogP contribution is 2.33. The topological polar surface area (TPSA) is 8.17 Å². The Kier molecular flexibility index (Phi) is 4.13. The third-order valence-electron chi connectivity index (χ3n) is 3.70. The second-order valence-electron chi connectivity index (χ2n) is 5.56. The van der Waals surface area contributed by atoms with E-state index in [-0.39, 0.29) is 0 Å². The van der Waals surface area contributed by atoms with Crippen molar-refractivity contribution in [2.75, 3.05) is 20.6 Å². The van der Waals surface area contributed by atoms with E-state index in [1.54, 1.807) is 0 Å². The minimum atomic E-state index is 1.04. The van der Waals surface area contributed by atoms with Crippen LogP contribution in [0.3, 0.4) is 0 Å². The fourth-order valence-corrected chi connectivity index (χ4v) is 3.00. The third kappa shape index (κ3) is 3.04. The van der Waals surface area contributed by atoms with E-state index in [2.05, 4.69) is 94.4 Å². The van der Waals surface area contributed by atoms with Crippen molar-refractivity contribution >= 4 is 33.8 Å². The highest BCUT2D eigenvalue weighted by molar-refractivity contribution is 9.10. The molecule has 2 heterocycles. The smallest absolute Gasteiger partial charge is 0.0525 e. The molecule has 0 unspecified atom stereocenters. The van der Waals surface area contributed by atoms with Crippen LogP contribution in [0.25, 0.3) is 17.8 Å². The molecular weight excluding hydrogens is 324 g/mol. The first-order chi connectivity index (χ1) is 10.1. The summed E-state index contributed by atoms with van der Waals surface area (Å²) in [5.41, 5.74) is 5.11. The summed E-state index contributed by atoms with van der Waals surface area (Å²) < 4.78 is 3.31. The molecule has 0 bridgehead atoms. The van der Waals surface area contributed by atoms with Crippen molar-refractivity contribution in [1.29, 1.82) is 0 Å². The number of halogens is 1. The monoisotopic (exact) mass is 342 g/mol. The van der Waals surface area contributed by atoms with Crippen LogP contribution < -0.4 is 0 Å². The SMILES string of the molecule is CN(C)CCC=C1c2cc(Br)ccc2C=Cn2cccc21. The fraction of sp³-hybridized carbons (Fsp3) is 0.222. The van der Waals surface area contributed by atoms with Crippen LogP contribution in [0.15, 0.2) is 47.1 Å². The van der Waals surface area contributed by atoms with Gasteiger partial charge in [0.1, 0.15) is 0 Å². The Labute approximate surface area is 134 Å². The largest absolute Gasteiger partial charge is 0.323 e. The lowest BCUT2D eigenvalue weighted by Gasteiger charge is -2.12. The van der Waals surface area contributed by atoms with Gasteiger partial charge in [0, 0.05) is 29.0 Å². The Morgan fingerprint density at radius 2 is 2.10 bits per heavy atom. The number of hydrogen-bond donors (Lipinski definition) is 0. The van der Waals surface area contributed by atoms with Gasteiger partial charge in [-0.1, -0.05) is 28.1 Å². The van der Waals surface area contributed by atoms with Gasteiger partial charge in [-0.25, -0.2) is 0 Å². The average molecular weight is 343 g/mol. The molecule has 0 amide bonds. The number of benzene rings is 1. The molecule has 1 aliphatic rings. The van der Waals surface area contributed by atoms with Crippen molar-refractivity contribution < 1.29 is 0 Å². The summed E-state index contributed by atoms with van der Waals surface area (Å²) in [6.07, 6.45) is 9.81. The predicted molar refractivity (Wildman–Crippen MR) is 94.0 cm³/mol. The summed E-state index contributed by atoms with van der Waals surface area (Å²) >= 11 is 3.60. The Bertz CT molecular complexity index is 708. The van der Waals surface area contributed by atoms with Crippen LogP contribution in [0.5, 0.6) is 0 Å². The molecule has 2 aromatic rings. The van der Waals surface area contributed by atoms with Crippen LogP contribution in [0.2, 0.25) is 0 Å². The van der Waals surface area contributed by atoms with Crippen LogP contribution in [0, 0.1) is 0 Å². The van der Waals surface area contributed by atoms with Gasteiger partial charge in [0.15, 0.2) is 0 Å². The van der Waals surface area contributed by atoms with Gasteiger partial charge in [0.2, 0.25) is 0 Å². The first-order valence-corrected chi connectivity index (χ1v) is 7.94. The molecule has 1 aliphatic heterocycles. The summed E-state index contributed by atoms with van der Waals surface area (Å²) in [6, 6.07) is 10.8. The lowest BCUT2D eigenvalue weighted by atomic mass is 9.97. The second-order valence-corrected chi connectivity index (χ2v) is 6.47. The minimum Gasteiger partial charge on any atom is -0.323 e. The summed E-state index contributed by atoms with van der Waals surface area (Å²) in [5, 5.41) is 0. The van der Waals surface area contributed by atoms with Gasteiger partial charge >= 0.3 is 0 Å². The first kappa shape index (κ1) is 14.4. The molecule has 108 valence electrons. The van der Waals surface area contributed by atoms with Crippen LogP contribution in [-0.4, -0.2) is 30.1 Å². The zero-order valence-electron chi connectivity index (χ0n) is 12.4. The van der Waals surface area contributed by atoms with E-state index >= 15 is 0 Å². The van der Waals surface area contributed by atoms with Gasteiger partial charge in [-0.05, 0) is 62.0 Å². The van der Waals surface area contributed by atoms with E-state index in [0.29, 0.717) is 0 Å². The molecule has 3 heteroatoms. The molecule has 1 aromatic carbocycles. The van der Waals surface area contributed by atoms with Crippen LogP contribution in [0.1, 0.15) is 23.2 Å². The molecule has 2 nitrogen and oxygen atoms in total. The van der Waals surface area contributed by atoms with Crippen molar-refractivity contribution in [3.63, 3.8) is 0 Å². The molecule has 0 fully saturated rings. The molecule has 1 aromatic heterocycles. The van der Waals surface area contributed by atoms with E-state index in [4.69, 9.17) is 0 Å². The summed E-state index contributed by atoms with van der Waals surface area (Å²) in [5.74, 6) is 0. The van der Waals surface area contributed by atoms with Crippen LogP contribution >= 0.6 is 15.9 Å². The molecular formula is C18H19BrN2. The second kappa shape index (κ2) is 6.04. The highest BCUT2D eigenvalue weighted by Gasteiger charge is 2.15. The molecule has 3 rings (SSSR count).